The molecule has 0 saturated carbocycles. The van der Waals surface area contributed by atoms with E-state index in [-0.39, 0.29) is 23.9 Å². The molecule has 0 aliphatic rings. The molecular formula is C18H13Cl2N3O4. The van der Waals surface area contributed by atoms with E-state index in [0.29, 0.717) is 27.7 Å². The Hall–Kier alpha value is -3.16. The van der Waals surface area contributed by atoms with Gasteiger partial charge in [0.05, 0.1) is 16.8 Å². The van der Waals surface area contributed by atoms with Crippen molar-refractivity contribution in [1.82, 2.24) is 10.4 Å². The molecule has 1 aromatic carbocycles. The molecule has 0 fully saturated rings. The third-order valence-electron chi connectivity index (χ3n) is 3.41. The van der Waals surface area contributed by atoms with Crippen LogP contribution in [0.2, 0.25) is 5.02 Å². The molecule has 0 aliphatic carbocycles. The van der Waals surface area contributed by atoms with E-state index in [4.69, 9.17) is 21.1 Å². The molecule has 2 heterocycles. The number of halogens is 2. The predicted octanol–water partition coefficient (Wildman–Crippen LogP) is 3.88. The van der Waals surface area contributed by atoms with Crippen LogP contribution in [0.4, 0.5) is 0 Å². The van der Waals surface area contributed by atoms with Gasteiger partial charge in [-0.05, 0) is 42.5 Å². The average Bonchev–Trinajstić information content (AvgIpc) is 3.11. The normalized spacial score (nSPS) is 10.4. The summed E-state index contributed by atoms with van der Waals surface area (Å²) in [6.07, 6.45) is 4.34. The molecule has 2 aromatic heterocycles. The van der Waals surface area contributed by atoms with E-state index in [1.54, 1.807) is 24.3 Å². The fourth-order valence-electron chi connectivity index (χ4n) is 2.14. The summed E-state index contributed by atoms with van der Waals surface area (Å²) < 4.78 is 5.58. The van der Waals surface area contributed by atoms with Crippen molar-refractivity contribution >= 4 is 42.1 Å². The molecule has 3 aromatic rings. The number of aromatic carboxylic acids is 1. The minimum atomic E-state index is -1.06. The third-order valence-corrected chi connectivity index (χ3v) is 3.74. The van der Waals surface area contributed by atoms with Crippen LogP contribution in [-0.2, 0) is 0 Å². The number of furan rings is 1. The first-order chi connectivity index (χ1) is 12.5. The Bertz CT molecular complexity index is 987. The van der Waals surface area contributed by atoms with Crippen LogP contribution in [0.15, 0.2) is 64.4 Å². The van der Waals surface area contributed by atoms with Crippen molar-refractivity contribution in [3.05, 3.63) is 76.8 Å². The lowest BCUT2D eigenvalue weighted by Gasteiger charge is -2.02. The average molecular weight is 406 g/mol. The lowest BCUT2D eigenvalue weighted by Crippen LogP contribution is -2.17. The molecule has 2 N–H and O–H groups in total. The Morgan fingerprint density at radius 1 is 1.11 bits per heavy atom. The Labute approximate surface area is 165 Å². The van der Waals surface area contributed by atoms with Crippen LogP contribution in [-0.4, -0.2) is 28.2 Å². The minimum absolute atomic E-state index is 0. The van der Waals surface area contributed by atoms with E-state index in [9.17, 15) is 9.59 Å². The van der Waals surface area contributed by atoms with E-state index in [2.05, 4.69) is 15.5 Å². The van der Waals surface area contributed by atoms with E-state index < -0.39 is 5.97 Å². The molecule has 0 saturated heterocycles. The van der Waals surface area contributed by atoms with E-state index in [1.165, 1.54) is 36.8 Å². The number of hydrazone groups is 1. The maximum atomic E-state index is 11.9. The molecule has 3 rings (SSSR count). The van der Waals surface area contributed by atoms with Gasteiger partial charge in [-0.15, -0.1) is 12.4 Å². The van der Waals surface area contributed by atoms with Crippen molar-refractivity contribution in [3.63, 3.8) is 0 Å². The molecule has 1 amide bonds. The molecule has 138 valence electrons. The van der Waals surface area contributed by atoms with Crippen LogP contribution in [0.25, 0.3) is 11.3 Å². The van der Waals surface area contributed by atoms with Crippen molar-refractivity contribution in [2.75, 3.05) is 0 Å². The number of nitrogens with one attached hydrogen (secondary N) is 1. The largest absolute Gasteiger partial charge is 0.478 e. The third kappa shape index (κ3) is 4.93. The second kappa shape index (κ2) is 8.98. The number of amides is 1. The number of hydrogen-bond acceptors (Lipinski definition) is 5. The number of hydrogen-bond donors (Lipinski definition) is 2. The summed E-state index contributed by atoms with van der Waals surface area (Å²) in [5, 5.41) is 13.3. The second-order valence-electron chi connectivity index (χ2n) is 5.14. The van der Waals surface area contributed by atoms with Gasteiger partial charge in [0.2, 0.25) is 0 Å². The van der Waals surface area contributed by atoms with Gasteiger partial charge in [0.15, 0.2) is 0 Å². The van der Waals surface area contributed by atoms with Crippen LogP contribution in [0, 0.1) is 0 Å². The number of carboxylic acids is 1. The topological polar surface area (TPSA) is 105 Å². The van der Waals surface area contributed by atoms with Crippen molar-refractivity contribution in [2.45, 2.75) is 0 Å². The van der Waals surface area contributed by atoms with Gasteiger partial charge in [-0.3, -0.25) is 9.78 Å². The fraction of sp³-hybridized carbons (Fsp3) is 0. The minimum Gasteiger partial charge on any atom is -0.478 e. The van der Waals surface area contributed by atoms with Crippen LogP contribution in [0.3, 0.4) is 0 Å². The standard InChI is InChI=1S/C18H12ClN3O4.ClH/c19-15-3-1-12(18(24)25)9-14(15)16-4-2-13(26-16)10-21-22-17(23)11-5-7-20-8-6-11;/h1-10H,(H,22,23)(H,24,25);1H. The van der Waals surface area contributed by atoms with Crippen molar-refractivity contribution in [1.29, 1.82) is 0 Å². The first-order valence-corrected chi connectivity index (χ1v) is 7.79. The van der Waals surface area contributed by atoms with Gasteiger partial charge < -0.3 is 9.52 Å². The van der Waals surface area contributed by atoms with Crippen molar-refractivity contribution in [2.24, 2.45) is 5.10 Å². The zero-order valence-electron chi connectivity index (χ0n) is 13.6. The van der Waals surface area contributed by atoms with Crippen LogP contribution in [0.1, 0.15) is 26.5 Å². The number of aromatic nitrogens is 1. The summed E-state index contributed by atoms with van der Waals surface area (Å²) in [5.74, 6) is -0.686. The summed E-state index contributed by atoms with van der Waals surface area (Å²) in [7, 11) is 0. The van der Waals surface area contributed by atoms with Gasteiger partial charge in [-0.2, -0.15) is 5.10 Å². The molecule has 0 aliphatic heterocycles. The van der Waals surface area contributed by atoms with Gasteiger partial charge in [-0.25, -0.2) is 10.2 Å². The number of pyridine rings is 1. The highest BCUT2D eigenvalue weighted by Gasteiger charge is 2.12. The monoisotopic (exact) mass is 405 g/mol. The highest BCUT2D eigenvalue weighted by Crippen LogP contribution is 2.30. The zero-order valence-corrected chi connectivity index (χ0v) is 15.2. The molecule has 0 spiro atoms. The van der Waals surface area contributed by atoms with E-state index >= 15 is 0 Å². The quantitative estimate of drug-likeness (QED) is 0.494. The number of nitrogens with zero attached hydrogens (tertiary/aromatic N) is 2. The Morgan fingerprint density at radius 3 is 2.56 bits per heavy atom. The fourth-order valence-corrected chi connectivity index (χ4v) is 2.35. The Morgan fingerprint density at radius 2 is 1.85 bits per heavy atom. The molecule has 0 atom stereocenters. The van der Waals surface area contributed by atoms with E-state index in [1.807, 2.05) is 0 Å². The summed E-state index contributed by atoms with van der Waals surface area (Å²) in [4.78, 5) is 26.8. The first-order valence-electron chi connectivity index (χ1n) is 7.41. The van der Waals surface area contributed by atoms with Crippen LogP contribution in [0.5, 0.6) is 0 Å². The van der Waals surface area contributed by atoms with Crippen molar-refractivity contribution in [3.8, 4) is 11.3 Å². The summed E-state index contributed by atoms with van der Waals surface area (Å²) in [5.41, 5.74) is 3.35. The smallest absolute Gasteiger partial charge is 0.335 e. The number of benzene rings is 1. The second-order valence-corrected chi connectivity index (χ2v) is 5.54. The SMILES string of the molecule is Cl.O=C(O)c1ccc(Cl)c(-c2ccc(C=NNC(=O)c3ccncc3)o2)c1. The number of carbonyl (C=O) groups excluding carboxylic acids is 1. The molecule has 7 nitrogen and oxygen atoms in total. The maximum Gasteiger partial charge on any atom is 0.335 e. The van der Waals surface area contributed by atoms with Crippen molar-refractivity contribution < 1.29 is 19.1 Å². The molecule has 27 heavy (non-hydrogen) atoms. The predicted molar refractivity (Wildman–Crippen MR) is 103 cm³/mol. The molecule has 0 bridgehead atoms. The summed E-state index contributed by atoms with van der Waals surface area (Å²) in [6, 6.07) is 10.7. The first kappa shape index (κ1) is 20.2. The zero-order chi connectivity index (χ0) is 18.5. The molecular weight excluding hydrogens is 393 g/mol. The number of carboxylic acid groups (broad SMARTS) is 1. The summed E-state index contributed by atoms with van der Waals surface area (Å²) >= 11 is 6.11. The maximum absolute atomic E-state index is 11.9. The van der Waals surface area contributed by atoms with E-state index in [0.717, 1.165) is 0 Å². The number of rotatable bonds is 5. The number of carbonyl (C=O) groups is 2. The lowest BCUT2D eigenvalue weighted by molar-refractivity contribution is 0.0696. The van der Waals surface area contributed by atoms with Gasteiger partial charge in [0.25, 0.3) is 5.91 Å². The highest BCUT2D eigenvalue weighted by atomic mass is 35.5. The van der Waals surface area contributed by atoms with Crippen LogP contribution < -0.4 is 5.43 Å². The molecule has 9 heteroatoms. The van der Waals surface area contributed by atoms with Gasteiger partial charge >= 0.3 is 5.97 Å². The van der Waals surface area contributed by atoms with Gasteiger partial charge in [-0.1, -0.05) is 11.6 Å². The Balaban J connectivity index is 0.00000261. The van der Waals surface area contributed by atoms with Crippen LogP contribution >= 0.6 is 24.0 Å². The summed E-state index contributed by atoms with van der Waals surface area (Å²) in [6.45, 7) is 0. The molecule has 0 radical (unpaired) electrons. The molecule has 0 unspecified atom stereocenters. The van der Waals surface area contributed by atoms with Gasteiger partial charge in [0, 0.05) is 23.5 Å². The highest BCUT2D eigenvalue weighted by molar-refractivity contribution is 6.33. The lowest BCUT2D eigenvalue weighted by atomic mass is 10.1. The van der Waals surface area contributed by atoms with Gasteiger partial charge in [0.1, 0.15) is 11.5 Å². The Kier molecular flexibility index (Phi) is 6.70.